The third-order valence-electron chi connectivity index (χ3n) is 3.82. The Balaban J connectivity index is 1.67. The summed E-state index contributed by atoms with van der Waals surface area (Å²) in [5, 5.41) is 5.77. The van der Waals surface area contributed by atoms with Gasteiger partial charge in [-0.2, -0.15) is 0 Å². The summed E-state index contributed by atoms with van der Waals surface area (Å²) in [5.74, 6) is 0. The summed E-state index contributed by atoms with van der Waals surface area (Å²) in [6, 6.07) is 15.0. The van der Waals surface area contributed by atoms with E-state index in [9.17, 15) is 0 Å². The van der Waals surface area contributed by atoms with Gasteiger partial charge >= 0.3 is 0 Å². The van der Waals surface area contributed by atoms with Gasteiger partial charge in [0, 0.05) is 24.0 Å². The van der Waals surface area contributed by atoms with Crippen molar-refractivity contribution in [3.05, 3.63) is 47.8 Å². The van der Waals surface area contributed by atoms with Crippen LogP contribution in [-0.2, 0) is 4.74 Å². The van der Waals surface area contributed by atoms with Gasteiger partial charge in [0.1, 0.15) is 0 Å². The van der Waals surface area contributed by atoms with Crippen LogP contribution < -0.4 is 4.90 Å². The first-order valence-electron chi connectivity index (χ1n) is 7.17. The minimum absolute atomic E-state index is 0.797. The van der Waals surface area contributed by atoms with Crippen molar-refractivity contribution in [3.63, 3.8) is 0 Å². The van der Waals surface area contributed by atoms with Crippen LogP contribution in [-0.4, -0.2) is 31.3 Å². The second kappa shape index (κ2) is 5.47. The SMILES string of the molecule is c1ccc2cc(-c3csc(N4CCOCC4)n3)ccc2c1. The number of aromatic nitrogens is 1. The van der Waals surface area contributed by atoms with Crippen molar-refractivity contribution >= 4 is 27.2 Å². The van der Waals surface area contributed by atoms with Crippen molar-refractivity contribution < 1.29 is 4.74 Å². The van der Waals surface area contributed by atoms with E-state index in [1.165, 1.54) is 16.3 Å². The standard InChI is InChI=1S/C17H16N2OS/c1-2-4-14-11-15(6-5-13(14)3-1)16-12-21-17(18-16)19-7-9-20-10-8-19/h1-6,11-12H,7-10H2. The maximum Gasteiger partial charge on any atom is 0.186 e. The van der Waals surface area contributed by atoms with Crippen LogP contribution in [0.25, 0.3) is 22.0 Å². The predicted octanol–water partition coefficient (Wildman–Crippen LogP) is 3.80. The summed E-state index contributed by atoms with van der Waals surface area (Å²) in [7, 11) is 0. The predicted molar refractivity (Wildman–Crippen MR) is 88.1 cm³/mol. The molecule has 0 spiro atoms. The molecule has 4 rings (SSSR count). The van der Waals surface area contributed by atoms with Gasteiger partial charge in [-0.15, -0.1) is 11.3 Å². The summed E-state index contributed by atoms with van der Waals surface area (Å²) in [6.45, 7) is 3.46. The molecule has 1 aromatic heterocycles. The highest BCUT2D eigenvalue weighted by molar-refractivity contribution is 7.14. The Hall–Kier alpha value is -1.91. The lowest BCUT2D eigenvalue weighted by Crippen LogP contribution is -2.36. The van der Waals surface area contributed by atoms with E-state index in [0.717, 1.165) is 37.1 Å². The van der Waals surface area contributed by atoms with Crippen LogP contribution in [0.1, 0.15) is 0 Å². The van der Waals surface area contributed by atoms with Crippen molar-refractivity contribution in [1.29, 1.82) is 0 Å². The van der Waals surface area contributed by atoms with Crippen LogP contribution in [0.2, 0.25) is 0 Å². The topological polar surface area (TPSA) is 25.4 Å². The molecule has 0 radical (unpaired) electrons. The molecule has 0 N–H and O–H groups in total. The fraction of sp³-hybridized carbons (Fsp3) is 0.235. The molecule has 0 atom stereocenters. The van der Waals surface area contributed by atoms with Gasteiger partial charge in [0.05, 0.1) is 18.9 Å². The second-order valence-corrected chi connectivity index (χ2v) is 6.01. The fourth-order valence-electron chi connectivity index (χ4n) is 2.65. The summed E-state index contributed by atoms with van der Waals surface area (Å²) >= 11 is 1.72. The van der Waals surface area contributed by atoms with Crippen molar-refractivity contribution in [2.75, 3.05) is 31.2 Å². The summed E-state index contributed by atoms with van der Waals surface area (Å²) in [6.07, 6.45) is 0. The molecule has 3 aromatic rings. The lowest BCUT2D eigenvalue weighted by Gasteiger charge is -2.26. The lowest BCUT2D eigenvalue weighted by molar-refractivity contribution is 0.122. The van der Waals surface area contributed by atoms with Gasteiger partial charge in [0.25, 0.3) is 0 Å². The average Bonchev–Trinajstić information content (AvgIpc) is 3.05. The number of ether oxygens (including phenoxy) is 1. The Morgan fingerprint density at radius 1 is 1.00 bits per heavy atom. The number of hydrogen-bond donors (Lipinski definition) is 0. The minimum Gasteiger partial charge on any atom is -0.378 e. The van der Waals surface area contributed by atoms with Crippen LogP contribution >= 0.6 is 11.3 Å². The van der Waals surface area contributed by atoms with Gasteiger partial charge < -0.3 is 9.64 Å². The molecule has 1 saturated heterocycles. The zero-order chi connectivity index (χ0) is 14.1. The Bertz CT molecular complexity index is 762. The van der Waals surface area contributed by atoms with Crippen LogP contribution in [0.5, 0.6) is 0 Å². The molecule has 21 heavy (non-hydrogen) atoms. The number of morpholine rings is 1. The third-order valence-corrected chi connectivity index (χ3v) is 4.72. The molecule has 0 saturated carbocycles. The number of thiazole rings is 1. The molecule has 0 aliphatic carbocycles. The maximum atomic E-state index is 5.40. The first-order chi connectivity index (χ1) is 10.4. The Kier molecular flexibility index (Phi) is 3.33. The van der Waals surface area contributed by atoms with Crippen molar-refractivity contribution in [2.45, 2.75) is 0 Å². The summed E-state index contributed by atoms with van der Waals surface area (Å²) in [4.78, 5) is 7.10. The second-order valence-electron chi connectivity index (χ2n) is 5.18. The summed E-state index contributed by atoms with van der Waals surface area (Å²) < 4.78 is 5.40. The van der Waals surface area contributed by atoms with Crippen molar-refractivity contribution in [3.8, 4) is 11.3 Å². The molecule has 3 nitrogen and oxygen atoms in total. The fourth-order valence-corrected chi connectivity index (χ4v) is 3.53. The van der Waals surface area contributed by atoms with Crippen molar-refractivity contribution in [1.82, 2.24) is 4.98 Å². The smallest absolute Gasteiger partial charge is 0.186 e. The van der Waals surface area contributed by atoms with E-state index in [1.54, 1.807) is 11.3 Å². The van der Waals surface area contributed by atoms with Gasteiger partial charge in [0.15, 0.2) is 5.13 Å². The molecule has 0 bridgehead atoms. The molecule has 0 unspecified atom stereocenters. The van der Waals surface area contributed by atoms with Crippen LogP contribution in [0.4, 0.5) is 5.13 Å². The van der Waals surface area contributed by atoms with E-state index in [4.69, 9.17) is 9.72 Å². The van der Waals surface area contributed by atoms with Crippen LogP contribution in [0.15, 0.2) is 47.8 Å². The molecule has 106 valence electrons. The highest BCUT2D eigenvalue weighted by Gasteiger charge is 2.15. The number of benzene rings is 2. The molecule has 2 heterocycles. The normalized spacial score (nSPS) is 15.5. The Morgan fingerprint density at radius 3 is 2.67 bits per heavy atom. The summed E-state index contributed by atoms with van der Waals surface area (Å²) in [5.41, 5.74) is 2.25. The van der Waals surface area contributed by atoms with E-state index in [0.29, 0.717) is 0 Å². The molecule has 1 fully saturated rings. The van der Waals surface area contributed by atoms with E-state index >= 15 is 0 Å². The molecule has 2 aromatic carbocycles. The third kappa shape index (κ3) is 2.52. The average molecular weight is 296 g/mol. The molecular weight excluding hydrogens is 280 g/mol. The number of anilines is 1. The quantitative estimate of drug-likeness (QED) is 0.719. The van der Waals surface area contributed by atoms with Gasteiger partial charge in [-0.3, -0.25) is 0 Å². The van der Waals surface area contributed by atoms with E-state index in [-0.39, 0.29) is 0 Å². The highest BCUT2D eigenvalue weighted by Crippen LogP contribution is 2.29. The first kappa shape index (κ1) is 12.8. The van der Waals surface area contributed by atoms with E-state index in [1.807, 2.05) is 0 Å². The molecular formula is C17H16N2OS. The molecule has 1 aliphatic rings. The van der Waals surface area contributed by atoms with Crippen LogP contribution in [0.3, 0.4) is 0 Å². The maximum absolute atomic E-state index is 5.40. The van der Waals surface area contributed by atoms with Crippen molar-refractivity contribution in [2.24, 2.45) is 0 Å². The van der Waals surface area contributed by atoms with Crippen LogP contribution in [0, 0.1) is 0 Å². The van der Waals surface area contributed by atoms with E-state index < -0.39 is 0 Å². The molecule has 4 heteroatoms. The first-order valence-corrected chi connectivity index (χ1v) is 8.05. The largest absolute Gasteiger partial charge is 0.378 e. The minimum atomic E-state index is 0.797. The van der Waals surface area contributed by atoms with E-state index in [2.05, 4.69) is 52.7 Å². The van der Waals surface area contributed by atoms with Gasteiger partial charge in [-0.05, 0) is 16.8 Å². The number of rotatable bonds is 2. The monoisotopic (exact) mass is 296 g/mol. The zero-order valence-electron chi connectivity index (χ0n) is 11.7. The van der Waals surface area contributed by atoms with Gasteiger partial charge in [-0.1, -0.05) is 36.4 Å². The number of hydrogen-bond acceptors (Lipinski definition) is 4. The highest BCUT2D eigenvalue weighted by atomic mass is 32.1. The number of fused-ring (bicyclic) bond motifs is 1. The zero-order valence-corrected chi connectivity index (χ0v) is 12.5. The molecule has 1 aliphatic heterocycles. The Morgan fingerprint density at radius 2 is 1.81 bits per heavy atom. The van der Waals surface area contributed by atoms with Gasteiger partial charge in [0.2, 0.25) is 0 Å². The number of nitrogens with zero attached hydrogens (tertiary/aromatic N) is 2. The Labute approximate surface area is 127 Å². The van der Waals surface area contributed by atoms with Gasteiger partial charge in [-0.25, -0.2) is 4.98 Å². The lowest BCUT2D eigenvalue weighted by atomic mass is 10.1. The molecule has 0 amide bonds.